The Morgan fingerprint density at radius 2 is 0.925 bits per heavy atom. The maximum absolute atomic E-state index is 13.8. The van der Waals surface area contributed by atoms with Crippen molar-refractivity contribution >= 4 is 23.8 Å². The first kappa shape index (κ1) is 62.7. The maximum atomic E-state index is 13.8. The van der Waals surface area contributed by atoms with E-state index in [2.05, 4.69) is 89.8 Å². The molecule has 8 aromatic carbocycles. The first-order valence-corrected chi connectivity index (χ1v) is 33.0. The topological polar surface area (TPSA) is 185 Å². The maximum Gasteiger partial charge on any atom is 0.246 e. The van der Waals surface area contributed by atoms with E-state index in [4.69, 9.17) is 40.9 Å². The molecule has 0 radical (unpaired) electrons. The van der Waals surface area contributed by atoms with E-state index in [9.17, 15) is 14.4 Å². The third-order valence-corrected chi connectivity index (χ3v) is 20.6. The fourth-order valence-corrected chi connectivity index (χ4v) is 15.1. The summed E-state index contributed by atoms with van der Waals surface area (Å²) in [6, 6.07) is 63.4. The van der Waals surface area contributed by atoms with Crippen molar-refractivity contribution in [1.29, 1.82) is 0 Å². The van der Waals surface area contributed by atoms with Crippen molar-refractivity contribution in [3.05, 3.63) is 255 Å². The zero-order valence-corrected chi connectivity index (χ0v) is 53.2. The third kappa shape index (κ3) is 12.8. The summed E-state index contributed by atoms with van der Waals surface area (Å²) in [5.74, 6) is 3.66. The molecule has 0 unspecified atom stereocenters. The molecule has 14 heteroatoms. The summed E-state index contributed by atoms with van der Waals surface area (Å²) in [5, 5.41) is 0. The SMILES string of the molecule is COCCOc1cccc(/C=C/C(=O)N2CCC3(CC2)COc2ccc(CN)cc23)c1.NCc1ccc2c(c1)C1(CCN(C(=O)C(c3ccccc3)c3ccccc3)CC1)CO2.NCc1ccc2c(c1)C1(CCN(C(=O)C3c4ccccc4-c4ccccc43)CC1)CO2. The molecular formula is C79H84N6O8. The molecule has 15 rings (SSSR count). The summed E-state index contributed by atoms with van der Waals surface area (Å²) >= 11 is 0. The second-order valence-corrected chi connectivity index (χ2v) is 25.9. The highest BCUT2D eigenvalue weighted by Crippen LogP contribution is 2.51. The number of methoxy groups -OCH3 is 1. The predicted molar refractivity (Wildman–Crippen MR) is 363 cm³/mol. The fourth-order valence-electron chi connectivity index (χ4n) is 15.1. The highest BCUT2D eigenvalue weighted by molar-refractivity contribution is 5.96. The van der Waals surface area contributed by atoms with Crippen LogP contribution in [0.5, 0.6) is 23.0 Å². The summed E-state index contributed by atoms with van der Waals surface area (Å²) in [4.78, 5) is 46.3. The smallest absolute Gasteiger partial charge is 0.246 e. The Morgan fingerprint density at radius 3 is 1.38 bits per heavy atom. The fraction of sp³-hybridized carbons (Fsp3) is 0.329. The average molecular weight is 1250 g/mol. The van der Waals surface area contributed by atoms with E-state index in [0.29, 0.717) is 52.7 Å². The van der Waals surface area contributed by atoms with Gasteiger partial charge in [-0.2, -0.15) is 0 Å². The minimum atomic E-state index is -0.271. The van der Waals surface area contributed by atoms with E-state index < -0.39 is 0 Å². The number of nitrogens with zero attached hydrogens (tertiary/aromatic N) is 3. The number of likely N-dealkylation sites (tertiary alicyclic amines) is 3. The van der Waals surface area contributed by atoms with Crippen LogP contribution < -0.4 is 36.1 Å². The van der Waals surface area contributed by atoms with Crippen LogP contribution in [0.25, 0.3) is 17.2 Å². The van der Waals surface area contributed by atoms with E-state index in [0.717, 1.165) is 145 Å². The molecule has 0 saturated carbocycles. The van der Waals surface area contributed by atoms with E-state index in [1.165, 1.54) is 27.8 Å². The molecule has 3 amide bonds. The van der Waals surface area contributed by atoms with Gasteiger partial charge in [-0.1, -0.05) is 158 Å². The number of carbonyl (C=O) groups excluding carboxylic acids is 3. The number of rotatable bonds is 13. The monoisotopic (exact) mass is 1240 g/mol. The van der Waals surface area contributed by atoms with Crippen LogP contribution in [0.4, 0.5) is 0 Å². The molecule has 7 aliphatic rings. The average Bonchev–Trinajstić information content (AvgIpc) is 1.65. The molecule has 6 N–H and O–H groups in total. The second kappa shape index (κ2) is 27.6. The molecule has 478 valence electrons. The number of benzene rings is 8. The minimum Gasteiger partial charge on any atom is -0.492 e. The number of piperidine rings is 3. The number of ether oxygens (including phenoxy) is 5. The van der Waals surface area contributed by atoms with Gasteiger partial charge in [0, 0.05) is 105 Å². The van der Waals surface area contributed by atoms with Gasteiger partial charge in [-0.25, -0.2) is 0 Å². The summed E-state index contributed by atoms with van der Waals surface area (Å²) in [7, 11) is 1.65. The Morgan fingerprint density at radius 1 is 0.495 bits per heavy atom. The van der Waals surface area contributed by atoms with Crippen molar-refractivity contribution in [2.24, 2.45) is 17.2 Å². The van der Waals surface area contributed by atoms with Gasteiger partial charge >= 0.3 is 0 Å². The quantitative estimate of drug-likeness (QED) is 0.0737. The van der Waals surface area contributed by atoms with Gasteiger partial charge in [0.15, 0.2) is 0 Å². The molecule has 6 heterocycles. The van der Waals surface area contributed by atoms with E-state index >= 15 is 0 Å². The zero-order valence-electron chi connectivity index (χ0n) is 53.2. The minimum absolute atomic E-state index is 0.00276. The summed E-state index contributed by atoms with van der Waals surface area (Å²) in [5.41, 5.74) is 32.4. The molecule has 6 aliphatic heterocycles. The summed E-state index contributed by atoms with van der Waals surface area (Å²) in [6.45, 7) is 9.15. The molecule has 0 bridgehead atoms. The molecule has 14 nitrogen and oxygen atoms in total. The summed E-state index contributed by atoms with van der Waals surface area (Å²) < 4.78 is 28.7. The second-order valence-electron chi connectivity index (χ2n) is 25.9. The first-order valence-electron chi connectivity index (χ1n) is 33.0. The molecule has 93 heavy (non-hydrogen) atoms. The number of carbonyl (C=O) groups is 3. The highest BCUT2D eigenvalue weighted by Gasteiger charge is 2.48. The van der Waals surface area contributed by atoms with Gasteiger partial charge in [0.2, 0.25) is 17.7 Å². The van der Waals surface area contributed by atoms with Gasteiger partial charge in [0.05, 0.1) is 38.3 Å². The lowest BCUT2D eigenvalue weighted by Gasteiger charge is -2.40. The van der Waals surface area contributed by atoms with Gasteiger partial charge in [-0.05, 0) is 131 Å². The molecule has 1 aliphatic carbocycles. The number of hydrogen-bond acceptors (Lipinski definition) is 11. The van der Waals surface area contributed by atoms with Gasteiger partial charge in [-0.15, -0.1) is 0 Å². The Balaban J connectivity index is 0.000000127. The van der Waals surface area contributed by atoms with Crippen molar-refractivity contribution in [2.45, 2.75) is 86.2 Å². The third-order valence-electron chi connectivity index (χ3n) is 20.6. The predicted octanol–water partition coefficient (Wildman–Crippen LogP) is 11.6. The van der Waals surface area contributed by atoms with Crippen LogP contribution in [0.15, 0.2) is 194 Å². The lowest BCUT2D eigenvalue weighted by atomic mass is 9.73. The van der Waals surface area contributed by atoms with Crippen LogP contribution in [0.3, 0.4) is 0 Å². The van der Waals surface area contributed by atoms with Crippen LogP contribution in [0, 0.1) is 0 Å². The summed E-state index contributed by atoms with van der Waals surface area (Å²) in [6.07, 6.45) is 8.97. The van der Waals surface area contributed by atoms with Gasteiger partial charge < -0.3 is 55.6 Å². The Labute approximate surface area is 546 Å². The lowest BCUT2D eigenvalue weighted by Crippen LogP contribution is -2.47. The van der Waals surface area contributed by atoms with Crippen molar-refractivity contribution < 1.29 is 38.1 Å². The van der Waals surface area contributed by atoms with Crippen LogP contribution >= 0.6 is 0 Å². The molecule has 8 aromatic rings. The molecule has 0 aromatic heterocycles. The van der Waals surface area contributed by atoms with Gasteiger partial charge in [0.25, 0.3) is 0 Å². The van der Waals surface area contributed by atoms with Crippen molar-refractivity contribution in [3.8, 4) is 34.1 Å². The van der Waals surface area contributed by atoms with Gasteiger partial charge in [-0.3, -0.25) is 14.4 Å². The molecule has 0 atom stereocenters. The highest BCUT2D eigenvalue weighted by atomic mass is 16.5. The van der Waals surface area contributed by atoms with Gasteiger partial charge in [0.1, 0.15) is 29.6 Å². The van der Waals surface area contributed by atoms with Crippen molar-refractivity contribution in [3.63, 3.8) is 0 Å². The molecule has 3 fully saturated rings. The van der Waals surface area contributed by atoms with E-state index in [1.54, 1.807) is 13.2 Å². The van der Waals surface area contributed by atoms with Crippen molar-refractivity contribution in [1.82, 2.24) is 14.7 Å². The Kier molecular flexibility index (Phi) is 18.7. The Hall–Kier alpha value is -9.05. The number of fused-ring (bicyclic) bond motifs is 9. The molecule has 3 saturated heterocycles. The van der Waals surface area contributed by atoms with Crippen LogP contribution in [0.1, 0.15) is 112 Å². The lowest BCUT2D eigenvalue weighted by molar-refractivity contribution is -0.134. The van der Waals surface area contributed by atoms with Crippen LogP contribution in [-0.4, -0.2) is 112 Å². The Bertz CT molecular complexity index is 3820. The van der Waals surface area contributed by atoms with E-state index in [1.807, 2.05) is 119 Å². The first-order chi connectivity index (χ1) is 45.5. The van der Waals surface area contributed by atoms with E-state index in [-0.39, 0.29) is 45.8 Å². The molecular weight excluding hydrogens is 1160 g/mol. The number of amides is 3. The number of nitrogens with two attached hydrogens (primary N) is 3. The van der Waals surface area contributed by atoms with Crippen LogP contribution in [-0.2, 0) is 55.0 Å². The zero-order chi connectivity index (χ0) is 63.9. The number of hydrogen-bond donors (Lipinski definition) is 3. The standard InChI is InChI=1S/C27H26N2O2.C27H28N2O2.C25H30N2O4/c28-16-18-9-10-24-23(15-18)27(17-31-24)11-13-29(14-12-27)26(30)25-21-7-3-1-5-19(21)20-6-2-4-8-22(20)25;28-18-20-11-12-24-23(17-20)27(19-31-24)13-15-29(16-14-27)26(30)25(21-7-3-1-4-8-21)22-9-5-2-6-10-22;1-29-13-14-30-21-4-2-3-19(15-21)6-8-24(28)27-11-9-25(10-12-27)18-31-23-7-5-20(17-26)16-22(23)25/h1-10,15,25H,11-14,16-17,28H2;1-12,17,25H,13-16,18-19,28H2;2-8,15-16H,9-14,17-18,26H2,1H3/b;;8-6+. The molecule has 3 spiro atoms. The van der Waals surface area contributed by atoms with Crippen LogP contribution in [0.2, 0.25) is 0 Å². The normalized spacial score (nSPS) is 17.5. The largest absolute Gasteiger partial charge is 0.492 e. The van der Waals surface area contributed by atoms with Crippen molar-refractivity contribution in [2.75, 3.05) is 79.4 Å².